The zero-order chi connectivity index (χ0) is 15.9. The monoisotopic (exact) mass is 303 g/mol. The van der Waals surface area contributed by atoms with E-state index in [1.165, 1.54) is 12.3 Å². The summed E-state index contributed by atoms with van der Waals surface area (Å²) in [6, 6.07) is 8.53. The molecular formula is C14H13N3O5. The number of aromatic amines is 1. The highest BCUT2D eigenvalue weighted by Gasteiger charge is 2.28. The van der Waals surface area contributed by atoms with E-state index >= 15 is 0 Å². The molecule has 0 radical (unpaired) electrons. The van der Waals surface area contributed by atoms with Crippen LogP contribution in [0.4, 0.5) is 5.82 Å². The molecule has 0 aliphatic heterocycles. The second-order valence-corrected chi connectivity index (χ2v) is 4.29. The van der Waals surface area contributed by atoms with Crippen molar-refractivity contribution in [3.05, 3.63) is 58.6 Å². The predicted molar refractivity (Wildman–Crippen MR) is 76.1 cm³/mol. The molecule has 8 heteroatoms. The number of carbonyl (C=O) groups excluding carboxylic acids is 1. The third kappa shape index (κ3) is 4.17. The van der Waals surface area contributed by atoms with Crippen LogP contribution in [-0.4, -0.2) is 33.1 Å². The molecule has 1 atom stereocenters. The highest BCUT2D eigenvalue weighted by atomic mass is 16.5. The molecule has 8 nitrogen and oxygen atoms in total. The van der Waals surface area contributed by atoms with Crippen LogP contribution in [0, 0.1) is 0 Å². The number of H-pyrrole nitrogens is 1. The molecule has 0 aliphatic carbocycles. The van der Waals surface area contributed by atoms with E-state index in [0.717, 1.165) is 5.56 Å². The van der Waals surface area contributed by atoms with Gasteiger partial charge in [-0.15, -0.1) is 0 Å². The van der Waals surface area contributed by atoms with E-state index in [2.05, 4.69) is 15.3 Å². The fraction of sp³-hybridized carbons (Fsp3) is 0.143. The number of carboxylic acid groups (broad SMARTS) is 1. The molecule has 3 N–H and O–H groups in total. The van der Waals surface area contributed by atoms with Crippen molar-refractivity contribution < 1.29 is 19.4 Å². The minimum atomic E-state index is -1.65. The maximum Gasteiger partial charge on any atom is 0.346 e. The maximum absolute atomic E-state index is 11.9. The Kier molecular flexibility index (Phi) is 4.86. The van der Waals surface area contributed by atoms with E-state index in [1.54, 1.807) is 24.3 Å². The number of ether oxygens (including phenoxy) is 1. The van der Waals surface area contributed by atoms with Gasteiger partial charge >= 0.3 is 17.6 Å². The van der Waals surface area contributed by atoms with E-state index < -0.39 is 23.7 Å². The third-order valence-corrected chi connectivity index (χ3v) is 2.67. The number of aliphatic carboxylic acids is 1. The Morgan fingerprint density at radius 2 is 2.00 bits per heavy atom. The first-order valence-corrected chi connectivity index (χ1v) is 6.32. The van der Waals surface area contributed by atoms with Gasteiger partial charge in [-0.3, -0.25) is 0 Å². The van der Waals surface area contributed by atoms with Gasteiger partial charge in [-0.1, -0.05) is 30.3 Å². The molecule has 0 spiro atoms. The van der Waals surface area contributed by atoms with Crippen molar-refractivity contribution in [2.24, 2.45) is 0 Å². The largest absolute Gasteiger partial charge is 0.479 e. The molecule has 2 rings (SSSR count). The Morgan fingerprint density at radius 3 is 2.64 bits per heavy atom. The number of esters is 1. The number of rotatable bonds is 6. The summed E-state index contributed by atoms with van der Waals surface area (Å²) in [7, 11) is 0. The molecule has 1 heterocycles. The number of nitrogens with one attached hydrogen (secondary N) is 2. The van der Waals surface area contributed by atoms with Gasteiger partial charge < -0.3 is 20.1 Å². The highest BCUT2D eigenvalue weighted by molar-refractivity contribution is 6.00. The maximum atomic E-state index is 11.9. The second-order valence-electron chi connectivity index (χ2n) is 4.29. The second kappa shape index (κ2) is 7.02. The molecule has 1 aromatic carbocycles. The Bertz CT molecular complexity index is 714. The number of anilines is 1. The van der Waals surface area contributed by atoms with Crippen LogP contribution in [-0.2, 0) is 20.9 Å². The Balaban J connectivity index is 2.02. The van der Waals surface area contributed by atoms with Crippen LogP contribution in [0.25, 0.3) is 0 Å². The molecule has 2 aromatic rings. The standard InChI is InChI=1S/C14H13N3O5/c18-12(19)11(16-10-6-7-15-14(21)17-10)13(20)22-8-9-4-2-1-3-5-9/h1-7,11H,8H2,(H,18,19)(H2,15,16,17,21). The molecule has 0 bridgehead atoms. The first kappa shape index (κ1) is 15.2. The summed E-state index contributed by atoms with van der Waals surface area (Å²) in [5, 5.41) is 11.4. The van der Waals surface area contributed by atoms with Crippen molar-refractivity contribution in [1.29, 1.82) is 0 Å². The van der Waals surface area contributed by atoms with Gasteiger partial charge in [-0.25, -0.2) is 14.4 Å². The lowest BCUT2D eigenvalue weighted by atomic mass is 10.2. The number of hydrogen-bond acceptors (Lipinski definition) is 6. The van der Waals surface area contributed by atoms with Crippen molar-refractivity contribution >= 4 is 17.8 Å². The Hall–Kier alpha value is -3.16. The SMILES string of the molecule is O=C(O)C(Nc1cc[nH]c(=O)n1)C(=O)OCc1ccccc1. The summed E-state index contributed by atoms with van der Waals surface area (Å²) in [4.78, 5) is 39.9. The van der Waals surface area contributed by atoms with Crippen LogP contribution in [0.2, 0.25) is 0 Å². The molecule has 0 amide bonds. The van der Waals surface area contributed by atoms with Crippen molar-refractivity contribution in [1.82, 2.24) is 9.97 Å². The number of carbonyl (C=O) groups is 2. The first-order valence-electron chi connectivity index (χ1n) is 6.32. The molecule has 0 saturated carbocycles. The van der Waals surface area contributed by atoms with Gasteiger partial charge in [0.25, 0.3) is 0 Å². The third-order valence-electron chi connectivity index (χ3n) is 2.67. The minimum absolute atomic E-state index is 0.0344. The summed E-state index contributed by atoms with van der Waals surface area (Å²) >= 11 is 0. The van der Waals surface area contributed by atoms with Crippen molar-refractivity contribution in [3.8, 4) is 0 Å². The van der Waals surface area contributed by atoms with Crippen LogP contribution < -0.4 is 11.0 Å². The lowest BCUT2D eigenvalue weighted by molar-refractivity contribution is -0.153. The van der Waals surface area contributed by atoms with Crippen LogP contribution in [0.5, 0.6) is 0 Å². The molecule has 0 fully saturated rings. The average Bonchev–Trinajstić information content (AvgIpc) is 2.51. The van der Waals surface area contributed by atoms with Gasteiger partial charge in [0.05, 0.1) is 0 Å². The number of aromatic nitrogens is 2. The minimum Gasteiger partial charge on any atom is -0.479 e. The van der Waals surface area contributed by atoms with Crippen LogP contribution >= 0.6 is 0 Å². The van der Waals surface area contributed by atoms with E-state index in [1.807, 2.05) is 6.07 Å². The Labute approximate surface area is 124 Å². The van der Waals surface area contributed by atoms with Gasteiger partial charge in [-0.05, 0) is 11.6 Å². The Morgan fingerprint density at radius 1 is 1.27 bits per heavy atom. The van der Waals surface area contributed by atoms with Crippen molar-refractivity contribution in [3.63, 3.8) is 0 Å². The van der Waals surface area contributed by atoms with Crippen LogP contribution in [0.15, 0.2) is 47.4 Å². The summed E-state index contributed by atoms with van der Waals surface area (Å²) in [6.45, 7) is -0.0477. The van der Waals surface area contributed by atoms with E-state index in [9.17, 15) is 14.4 Å². The quantitative estimate of drug-likeness (QED) is 0.521. The average molecular weight is 303 g/mol. The first-order chi connectivity index (χ1) is 10.6. The molecule has 1 aromatic heterocycles. The molecule has 22 heavy (non-hydrogen) atoms. The lowest BCUT2D eigenvalue weighted by Gasteiger charge is -2.14. The predicted octanol–water partition coefficient (Wildman–Crippen LogP) is 0.378. The zero-order valence-corrected chi connectivity index (χ0v) is 11.4. The summed E-state index contributed by atoms with van der Waals surface area (Å²) in [5.41, 5.74) is 0.0704. The van der Waals surface area contributed by atoms with Crippen molar-refractivity contribution in [2.45, 2.75) is 12.6 Å². The fourth-order valence-electron chi connectivity index (χ4n) is 1.63. The van der Waals surface area contributed by atoms with E-state index in [0.29, 0.717) is 0 Å². The summed E-state index contributed by atoms with van der Waals surface area (Å²) in [5.74, 6) is -2.44. The number of benzene rings is 1. The lowest BCUT2D eigenvalue weighted by Crippen LogP contribution is -2.39. The summed E-state index contributed by atoms with van der Waals surface area (Å²) in [6.07, 6.45) is 1.28. The molecule has 0 aliphatic rings. The van der Waals surface area contributed by atoms with Gasteiger partial charge in [0, 0.05) is 6.20 Å². The van der Waals surface area contributed by atoms with Gasteiger partial charge in [-0.2, -0.15) is 4.98 Å². The van der Waals surface area contributed by atoms with Gasteiger partial charge in [0.15, 0.2) is 0 Å². The number of hydrogen-bond donors (Lipinski definition) is 3. The van der Waals surface area contributed by atoms with E-state index in [-0.39, 0.29) is 12.4 Å². The molecule has 1 unspecified atom stereocenters. The zero-order valence-electron chi connectivity index (χ0n) is 11.4. The number of nitrogens with zero attached hydrogens (tertiary/aromatic N) is 1. The number of carboxylic acids is 1. The molecule has 0 saturated heterocycles. The summed E-state index contributed by atoms with van der Waals surface area (Å²) < 4.78 is 4.96. The topological polar surface area (TPSA) is 121 Å². The highest BCUT2D eigenvalue weighted by Crippen LogP contribution is 2.05. The van der Waals surface area contributed by atoms with E-state index in [4.69, 9.17) is 9.84 Å². The van der Waals surface area contributed by atoms with Gasteiger partial charge in [0.2, 0.25) is 6.04 Å². The smallest absolute Gasteiger partial charge is 0.346 e. The van der Waals surface area contributed by atoms with Gasteiger partial charge in [0.1, 0.15) is 12.4 Å². The molecule has 114 valence electrons. The fourth-order valence-corrected chi connectivity index (χ4v) is 1.63. The normalized spacial score (nSPS) is 11.5. The molecular weight excluding hydrogens is 290 g/mol. The van der Waals surface area contributed by atoms with Crippen molar-refractivity contribution in [2.75, 3.05) is 5.32 Å². The van der Waals surface area contributed by atoms with Crippen LogP contribution in [0.1, 0.15) is 5.56 Å². The van der Waals surface area contributed by atoms with Crippen LogP contribution in [0.3, 0.4) is 0 Å².